The molecular formula is C17H22O3. The second-order valence-corrected chi connectivity index (χ2v) is 5.88. The van der Waals surface area contributed by atoms with Crippen molar-refractivity contribution in [3.8, 4) is 5.75 Å². The molecule has 1 aromatic rings. The Morgan fingerprint density at radius 1 is 1.35 bits per heavy atom. The van der Waals surface area contributed by atoms with Crippen LogP contribution in [0.5, 0.6) is 5.75 Å². The summed E-state index contributed by atoms with van der Waals surface area (Å²) in [5.41, 5.74) is 1.12. The molecule has 0 bridgehead atoms. The number of carbonyl (C=O) groups is 1. The Hall–Kier alpha value is -1.77. The molecule has 1 aliphatic carbocycles. The predicted octanol–water partition coefficient (Wildman–Crippen LogP) is 4.07. The van der Waals surface area contributed by atoms with Gasteiger partial charge in [-0.25, -0.2) is 4.79 Å². The highest BCUT2D eigenvalue weighted by Crippen LogP contribution is 2.38. The van der Waals surface area contributed by atoms with Gasteiger partial charge in [-0.3, -0.25) is 0 Å². The molecule has 108 valence electrons. The number of ether oxygens (including phenoxy) is 1. The fourth-order valence-corrected chi connectivity index (χ4v) is 2.58. The molecule has 3 heteroatoms. The molecule has 2 rings (SSSR count). The van der Waals surface area contributed by atoms with Gasteiger partial charge < -0.3 is 9.84 Å². The summed E-state index contributed by atoms with van der Waals surface area (Å²) in [6.07, 6.45) is 4.69. The lowest BCUT2D eigenvalue weighted by Gasteiger charge is -2.39. The Bertz CT molecular complexity index is 531. The molecule has 0 heterocycles. The number of hydrogen-bond acceptors (Lipinski definition) is 3. The zero-order valence-corrected chi connectivity index (χ0v) is 12.3. The molecule has 0 amide bonds. The second kappa shape index (κ2) is 5.70. The molecule has 3 nitrogen and oxygen atoms in total. The van der Waals surface area contributed by atoms with E-state index in [1.54, 1.807) is 18.2 Å². The second-order valence-electron chi connectivity index (χ2n) is 5.88. The summed E-state index contributed by atoms with van der Waals surface area (Å²) in [5, 5.41) is 9.76. The minimum absolute atomic E-state index is 0.0288. The van der Waals surface area contributed by atoms with Crippen LogP contribution in [-0.4, -0.2) is 16.7 Å². The predicted molar refractivity (Wildman–Crippen MR) is 78.7 cm³/mol. The summed E-state index contributed by atoms with van der Waals surface area (Å²) in [6, 6.07) is 6.51. The van der Waals surface area contributed by atoms with E-state index in [0.29, 0.717) is 0 Å². The van der Waals surface area contributed by atoms with Gasteiger partial charge in [-0.15, -0.1) is 0 Å². The van der Waals surface area contributed by atoms with Gasteiger partial charge in [-0.2, -0.15) is 0 Å². The van der Waals surface area contributed by atoms with E-state index in [9.17, 15) is 9.90 Å². The third-order valence-electron chi connectivity index (χ3n) is 4.21. The lowest BCUT2D eigenvalue weighted by atomic mass is 9.78. The Kier molecular flexibility index (Phi) is 4.17. The van der Waals surface area contributed by atoms with Gasteiger partial charge in [0.15, 0.2) is 0 Å². The van der Waals surface area contributed by atoms with E-state index in [2.05, 4.69) is 26.8 Å². The number of esters is 1. The number of aromatic hydroxyl groups is 1. The summed E-state index contributed by atoms with van der Waals surface area (Å²) in [6.45, 7) is 6.26. The standard InChI is InChI=1S/C17H22O3/c1-12(2)17(10-8-13(3)9-11-17)20-16(19)14-6-4-5-7-15(14)18/h4-8,12,18H,9-11H2,1-3H3. The van der Waals surface area contributed by atoms with Crippen LogP contribution in [0, 0.1) is 5.92 Å². The van der Waals surface area contributed by atoms with Gasteiger partial charge in [0.25, 0.3) is 0 Å². The molecule has 0 saturated heterocycles. The molecule has 1 aromatic carbocycles. The maximum Gasteiger partial charge on any atom is 0.342 e. The first-order valence-corrected chi connectivity index (χ1v) is 7.11. The Balaban J connectivity index is 2.22. The lowest BCUT2D eigenvalue weighted by Crippen LogP contribution is -2.41. The first-order valence-electron chi connectivity index (χ1n) is 7.11. The molecule has 1 aliphatic rings. The fraction of sp³-hybridized carbons (Fsp3) is 0.471. The van der Waals surface area contributed by atoms with Crippen LogP contribution in [-0.2, 0) is 4.74 Å². The average Bonchev–Trinajstić information content (AvgIpc) is 2.41. The quantitative estimate of drug-likeness (QED) is 0.667. The highest BCUT2D eigenvalue weighted by Gasteiger charge is 2.39. The van der Waals surface area contributed by atoms with Gasteiger partial charge in [-0.1, -0.05) is 37.6 Å². The van der Waals surface area contributed by atoms with Crippen LogP contribution in [0.15, 0.2) is 35.9 Å². The highest BCUT2D eigenvalue weighted by molar-refractivity contribution is 5.92. The van der Waals surface area contributed by atoms with Crippen molar-refractivity contribution in [3.63, 3.8) is 0 Å². The van der Waals surface area contributed by atoms with Crippen LogP contribution < -0.4 is 0 Å². The van der Waals surface area contributed by atoms with Gasteiger partial charge in [0.1, 0.15) is 16.9 Å². The van der Waals surface area contributed by atoms with Crippen molar-refractivity contribution in [1.82, 2.24) is 0 Å². The van der Waals surface area contributed by atoms with Crippen molar-refractivity contribution >= 4 is 5.97 Å². The van der Waals surface area contributed by atoms with Gasteiger partial charge in [-0.05, 0) is 37.8 Å². The van der Waals surface area contributed by atoms with E-state index in [-0.39, 0.29) is 17.2 Å². The van der Waals surface area contributed by atoms with E-state index in [4.69, 9.17) is 4.74 Å². The summed E-state index contributed by atoms with van der Waals surface area (Å²) in [7, 11) is 0. The topological polar surface area (TPSA) is 46.5 Å². The van der Waals surface area contributed by atoms with Gasteiger partial charge >= 0.3 is 5.97 Å². The van der Waals surface area contributed by atoms with Crippen molar-refractivity contribution in [2.24, 2.45) is 5.92 Å². The summed E-state index contributed by atoms with van der Waals surface area (Å²) >= 11 is 0. The molecule has 0 spiro atoms. The number of allylic oxidation sites excluding steroid dienone is 1. The molecule has 1 N–H and O–H groups in total. The Morgan fingerprint density at radius 3 is 2.60 bits per heavy atom. The van der Waals surface area contributed by atoms with Crippen LogP contribution >= 0.6 is 0 Å². The zero-order valence-electron chi connectivity index (χ0n) is 12.3. The Labute approximate surface area is 120 Å². The number of phenolic OH excluding ortho intramolecular Hbond substituents is 1. The van der Waals surface area contributed by atoms with Crippen molar-refractivity contribution < 1.29 is 14.6 Å². The van der Waals surface area contributed by atoms with Crippen LogP contribution in [0.1, 0.15) is 50.4 Å². The summed E-state index contributed by atoms with van der Waals surface area (Å²) in [5.74, 6) is -0.231. The number of hydrogen-bond donors (Lipinski definition) is 1. The number of rotatable bonds is 3. The van der Waals surface area contributed by atoms with Gasteiger partial charge in [0.05, 0.1) is 0 Å². The number of carbonyl (C=O) groups excluding carboxylic acids is 1. The van der Waals surface area contributed by atoms with Crippen molar-refractivity contribution in [2.45, 2.75) is 45.6 Å². The minimum atomic E-state index is -0.459. The summed E-state index contributed by atoms with van der Waals surface area (Å²) < 4.78 is 5.81. The molecule has 20 heavy (non-hydrogen) atoms. The van der Waals surface area contributed by atoms with Crippen molar-refractivity contribution in [2.75, 3.05) is 0 Å². The fourth-order valence-electron chi connectivity index (χ4n) is 2.58. The lowest BCUT2D eigenvalue weighted by molar-refractivity contribution is -0.0497. The molecule has 1 unspecified atom stereocenters. The Morgan fingerprint density at radius 2 is 2.05 bits per heavy atom. The van der Waals surface area contributed by atoms with Gasteiger partial charge in [0, 0.05) is 6.42 Å². The molecule has 0 radical (unpaired) electrons. The van der Waals surface area contributed by atoms with Crippen molar-refractivity contribution in [1.29, 1.82) is 0 Å². The van der Waals surface area contributed by atoms with E-state index in [0.717, 1.165) is 19.3 Å². The van der Waals surface area contributed by atoms with E-state index >= 15 is 0 Å². The van der Waals surface area contributed by atoms with E-state index in [1.807, 2.05) is 0 Å². The maximum atomic E-state index is 12.3. The van der Waals surface area contributed by atoms with Gasteiger partial charge in [0.2, 0.25) is 0 Å². The maximum absolute atomic E-state index is 12.3. The molecular weight excluding hydrogens is 252 g/mol. The number of para-hydroxylation sites is 1. The van der Waals surface area contributed by atoms with Crippen LogP contribution in [0.3, 0.4) is 0 Å². The van der Waals surface area contributed by atoms with Crippen LogP contribution in [0.25, 0.3) is 0 Å². The normalized spacial score (nSPS) is 22.5. The molecule has 0 fully saturated rings. The number of phenols is 1. The first kappa shape index (κ1) is 14.6. The molecule has 0 aliphatic heterocycles. The van der Waals surface area contributed by atoms with Crippen LogP contribution in [0.2, 0.25) is 0 Å². The highest BCUT2D eigenvalue weighted by atomic mass is 16.6. The molecule has 0 aromatic heterocycles. The number of benzene rings is 1. The van der Waals surface area contributed by atoms with E-state index < -0.39 is 11.6 Å². The third kappa shape index (κ3) is 2.87. The molecule has 0 saturated carbocycles. The smallest absolute Gasteiger partial charge is 0.342 e. The minimum Gasteiger partial charge on any atom is -0.507 e. The zero-order chi connectivity index (χ0) is 14.8. The third-order valence-corrected chi connectivity index (χ3v) is 4.21. The first-order chi connectivity index (χ1) is 9.44. The van der Waals surface area contributed by atoms with E-state index in [1.165, 1.54) is 11.6 Å². The average molecular weight is 274 g/mol. The van der Waals surface area contributed by atoms with Crippen LogP contribution in [0.4, 0.5) is 0 Å². The largest absolute Gasteiger partial charge is 0.507 e. The van der Waals surface area contributed by atoms with Crippen molar-refractivity contribution in [3.05, 3.63) is 41.5 Å². The molecule has 1 atom stereocenters. The summed E-state index contributed by atoms with van der Waals surface area (Å²) in [4.78, 5) is 12.3. The monoisotopic (exact) mass is 274 g/mol. The SMILES string of the molecule is CC1=CCC(OC(=O)c2ccccc2O)(C(C)C)CC1.